The van der Waals surface area contributed by atoms with Gasteiger partial charge in [-0.3, -0.25) is 9.69 Å². The highest BCUT2D eigenvalue weighted by atomic mass is 35.5. The number of anilines is 1. The molecule has 2 aromatic rings. The minimum Gasteiger partial charge on any atom is -0.495 e. The number of hydrogen-bond donors (Lipinski definition) is 1. The Hall–Kier alpha value is -2.28. The van der Waals surface area contributed by atoms with Gasteiger partial charge in [0, 0.05) is 50.2 Å². The summed E-state index contributed by atoms with van der Waals surface area (Å²) >= 11 is 6.11. The molecule has 1 N–H and O–H groups in total. The van der Waals surface area contributed by atoms with Gasteiger partial charge in [-0.15, -0.1) is 0 Å². The summed E-state index contributed by atoms with van der Waals surface area (Å²) in [6, 6.07) is 15.7. The number of nitrogens with zero attached hydrogens (tertiary/aromatic N) is 2. The van der Waals surface area contributed by atoms with Crippen LogP contribution >= 0.6 is 11.6 Å². The molecule has 0 spiro atoms. The quantitative estimate of drug-likeness (QED) is 0.601. The van der Waals surface area contributed by atoms with Crippen molar-refractivity contribution in [2.24, 2.45) is 0 Å². The van der Waals surface area contributed by atoms with E-state index in [2.05, 4.69) is 29.3 Å². The molecular formula is C24H32ClN3O3. The largest absolute Gasteiger partial charge is 0.495 e. The van der Waals surface area contributed by atoms with Crippen LogP contribution in [0.15, 0.2) is 48.5 Å². The van der Waals surface area contributed by atoms with Crippen LogP contribution in [0.3, 0.4) is 0 Å². The molecule has 1 aliphatic rings. The molecule has 1 amide bonds. The Balaban J connectivity index is 1.63. The van der Waals surface area contributed by atoms with Crippen molar-refractivity contribution >= 4 is 23.2 Å². The molecule has 1 fully saturated rings. The number of benzene rings is 2. The van der Waals surface area contributed by atoms with Gasteiger partial charge in [-0.05, 0) is 30.7 Å². The van der Waals surface area contributed by atoms with E-state index in [4.69, 9.17) is 21.1 Å². The molecule has 0 aromatic heterocycles. The van der Waals surface area contributed by atoms with Crippen LogP contribution < -0.4 is 10.1 Å². The van der Waals surface area contributed by atoms with Gasteiger partial charge >= 0.3 is 0 Å². The SMILES string of the molecule is COc1ccc(Cl)cc1NCCC(=O)N(Cc1ccccc1)C(C)CN1CCOCC1. The molecule has 1 saturated heterocycles. The summed E-state index contributed by atoms with van der Waals surface area (Å²) in [5.74, 6) is 0.830. The van der Waals surface area contributed by atoms with Crippen molar-refractivity contribution in [1.29, 1.82) is 0 Å². The minimum atomic E-state index is 0.103. The number of methoxy groups -OCH3 is 1. The zero-order valence-electron chi connectivity index (χ0n) is 18.4. The Kier molecular flexibility index (Phi) is 9.00. The highest BCUT2D eigenvalue weighted by Gasteiger charge is 2.23. The number of nitrogens with one attached hydrogen (secondary N) is 1. The van der Waals surface area contributed by atoms with Gasteiger partial charge in [-0.1, -0.05) is 41.9 Å². The summed E-state index contributed by atoms with van der Waals surface area (Å²) in [7, 11) is 1.62. The van der Waals surface area contributed by atoms with Crippen LogP contribution in [0.4, 0.5) is 5.69 Å². The normalized spacial score (nSPS) is 15.3. The van der Waals surface area contributed by atoms with Gasteiger partial charge in [-0.25, -0.2) is 0 Å². The predicted molar refractivity (Wildman–Crippen MR) is 125 cm³/mol. The molecule has 1 aliphatic heterocycles. The third kappa shape index (κ3) is 7.13. The summed E-state index contributed by atoms with van der Waals surface area (Å²) in [6.07, 6.45) is 0.385. The molecule has 7 heteroatoms. The third-order valence-corrected chi connectivity index (χ3v) is 5.73. The fourth-order valence-corrected chi connectivity index (χ4v) is 3.96. The van der Waals surface area contributed by atoms with Gasteiger partial charge in [0.15, 0.2) is 0 Å². The molecule has 0 saturated carbocycles. The van der Waals surface area contributed by atoms with Crippen molar-refractivity contribution < 1.29 is 14.3 Å². The van der Waals surface area contributed by atoms with Crippen LogP contribution in [0, 0.1) is 0 Å². The number of carbonyl (C=O) groups is 1. The van der Waals surface area contributed by atoms with E-state index in [1.807, 2.05) is 35.2 Å². The zero-order valence-corrected chi connectivity index (χ0v) is 19.1. The summed E-state index contributed by atoms with van der Waals surface area (Å²) in [5.41, 5.74) is 1.92. The summed E-state index contributed by atoms with van der Waals surface area (Å²) < 4.78 is 10.8. The maximum absolute atomic E-state index is 13.2. The van der Waals surface area contributed by atoms with E-state index < -0.39 is 0 Å². The van der Waals surface area contributed by atoms with E-state index in [1.165, 1.54) is 0 Å². The van der Waals surface area contributed by atoms with Gasteiger partial charge in [0.2, 0.25) is 5.91 Å². The van der Waals surface area contributed by atoms with Crippen LogP contribution in [0.5, 0.6) is 5.75 Å². The standard InChI is InChI=1S/C24H32ClN3O3/c1-19(17-27-12-14-31-15-13-27)28(18-20-6-4-3-5-7-20)24(29)10-11-26-22-16-21(25)8-9-23(22)30-2/h3-9,16,19,26H,10-15,17-18H2,1-2H3. The van der Waals surface area contributed by atoms with Crippen LogP contribution in [0.2, 0.25) is 5.02 Å². The Morgan fingerprint density at radius 2 is 1.97 bits per heavy atom. The molecule has 1 atom stereocenters. The van der Waals surface area contributed by atoms with E-state index in [0.29, 0.717) is 30.3 Å². The molecule has 31 heavy (non-hydrogen) atoms. The first-order chi connectivity index (χ1) is 15.1. The summed E-state index contributed by atoms with van der Waals surface area (Å²) in [4.78, 5) is 17.6. The number of rotatable bonds is 10. The van der Waals surface area contributed by atoms with Crippen molar-refractivity contribution in [2.45, 2.75) is 25.9 Å². The monoisotopic (exact) mass is 445 g/mol. The molecule has 1 unspecified atom stereocenters. The summed E-state index contributed by atoms with van der Waals surface area (Å²) in [6.45, 7) is 7.41. The number of carbonyl (C=O) groups excluding carboxylic acids is 1. The molecule has 0 radical (unpaired) electrons. The first kappa shape index (κ1) is 23.4. The fourth-order valence-electron chi connectivity index (χ4n) is 3.79. The maximum Gasteiger partial charge on any atom is 0.224 e. The molecule has 3 rings (SSSR count). The van der Waals surface area contributed by atoms with Crippen molar-refractivity contribution in [3.63, 3.8) is 0 Å². The molecule has 2 aromatic carbocycles. The average Bonchev–Trinajstić information content (AvgIpc) is 2.79. The number of halogens is 1. The average molecular weight is 446 g/mol. The van der Waals surface area contributed by atoms with Crippen LogP contribution in [-0.2, 0) is 16.1 Å². The van der Waals surface area contributed by atoms with Crippen LogP contribution in [0.1, 0.15) is 18.9 Å². The van der Waals surface area contributed by atoms with Gasteiger partial charge in [-0.2, -0.15) is 0 Å². The smallest absolute Gasteiger partial charge is 0.224 e. The third-order valence-electron chi connectivity index (χ3n) is 5.49. The van der Waals surface area contributed by atoms with Crippen LogP contribution in [-0.4, -0.2) is 68.3 Å². The van der Waals surface area contributed by atoms with Crippen molar-refractivity contribution in [3.05, 3.63) is 59.1 Å². The Labute approximate surface area is 190 Å². The van der Waals surface area contributed by atoms with Gasteiger partial charge in [0.1, 0.15) is 5.75 Å². The number of hydrogen-bond acceptors (Lipinski definition) is 5. The lowest BCUT2D eigenvalue weighted by Crippen LogP contribution is -2.48. The minimum absolute atomic E-state index is 0.103. The highest BCUT2D eigenvalue weighted by Crippen LogP contribution is 2.27. The lowest BCUT2D eigenvalue weighted by Gasteiger charge is -2.35. The van der Waals surface area contributed by atoms with Gasteiger partial charge in [0.05, 0.1) is 26.0 Å². The Bertz CT molecular complexity index is 828. The Morgan fingerprint density at radius 3 is 2.68 bits per heavy atom. The topological polar surface area (TPSA) is 54.0 Å². The maximum atomic E-state index is 13.2. The van der Waals surface area contributed by atoms with Gasteiger partial charge < -0.3 is 19.7 Å². The van der Waals surface area contributed by atoms with Crippen LogP contribution in [0.25, 0.3) is 0 Å². The number of amides is 1. The van der Waals surface area contributed by atoms with Gasteiger partial charge in [0.25, 0.3) is 0 Å². The molecular weight excluding hydrogens is 414 g/mol. The second-order valence-corrected chi connectivity index (χ2v) is 8.23. The molecule has 6 nitrogen and oxygen atoms in total. The first-order valence-corrected chi connectivity index (χ1v) is 11.2. The van der Waals surface area contributed by atoms with E-state index in [-0.39, 0.29) is 11.9 Å². The molecule has 168 valence electrons. The first-order valence-electron chi connectivity index (χ1n) is 10.8. The van der Waals surface area contributed by atoms with E-state index in [1.54, 1.807) is 13.2 Å². The second kappa shape index (κ2) is 11.9. The lowest BCUT2D eigenvalue weighted by atomic mass is 10.1. The van der Waals surface area contributed by atoms with E-state index >= 15 is 0 Å². The number of morpholine rings is 1. The van der Waals surface area contributed by atoms with Crippen molar-refractivity contribution in [2.75, 3.05) is 51.8 Å². The van der Waals surface area contributed by atoms with E-state index in [0.717, 1.165) is 44.1 Å². The highest BCUT2D eigenvalue weighted by molar-refractivity contribution is 6.30. The zero-order chi connectivity index (χ0) is 22.1. The van der Waals surface area contributed by atoms with Crippen molar-refractivity contribution in [3.8, 4) is 5.75 Å². The Morgan fingerprint density at radius 1 is 1.23 bits per heavy atom. The lowest BCUT2D eigenvalue weighted by molar-refractivity contribution is -0.134. The molecule has 0 aliphatic carbocycles. The van der Waals surface area contributed by atoms with E-state index in [9.17, 15) is 4.79 Å². The molecule has 1 heterocycles. The fraction of sp³-hybridized carbons (Fsp3) is 0.458. The molecule has 0 bridgehead atoms. The van der Waals surface area contributed by atoms with Crippen molar-refractivity contribution in [1.82, 2.24) is 9.80 Å². The predicted octanol–water partition coefficient (Wildman–Crippen LogP) is 3.90. The summed E-state index contributed by atoms with van der Waals surface area (Å²) in [5, 5.41) is 3.92. The second-order valence-electron chi connectivity index (χ2n) is 7.79. The number of ether oxygens (including phenoxy) is 2.